The van der Waals surface area contributed by atoms with Crippen molar-refractivity contribution in [3.05, 3.63) is 81.4 Å². The molecule has 33 heavy (non-hydrogen) atoms. The Bertz CT molecular complexity index is 1170. The van der Waals surface area contributed by atoms with Gasteiger partial charge in [-0.25, -0.2) is 4.79 Å². The molecule has 0 radical (unpaired) electrons. The Hall–Kier alpha value is -3.92. The molecule has 2 aromatic carbocycles. The molecular weight excluding hydrogens is 420 g/mol. The highest BCUT2D eigenvalue weighted by atomic mass is 16.5. The second kappa shape index (κ2) is 10.1. The first-order valence-electron chi connectivity index (χ1n) is 10.6. The monoisotopic (exact) mass is 448 g/mol. The summed E-state index contributed by atoms with van der Waals surface area (Å²) in [6.45, 7) is 8.03. The number of carbonyl (C=O) groups excluding carboxylic acids is 1. The van der Waals surface area contributed by atoms with Gasteiger partial charge >= 0.3 is 5.97 Å². The minimum atomic E-state index is -0.746. The number of nitrogens with zero attached hydrogens (tertiary/aromatic N) is 1. The molecule has 0 saturated carbocycles. The van der Waals surface area contributed by atoms with Crippen molar-refractivity contribution in [2.45, 2.75) is 40.2 Å². The maximum absolute atomic E-state index is 12.7. The first kappa shape index (κ1) is 23.7. The van der Waals surface area contributed by atoms with Crippen molar-refractivity contribution in [2.75, 3.05) is 13.7 Å². The average Bonchev–Trinajstić information content (AvgIpc) is 2.79. The molecule has 0 aliphatic carbocycles. The Morgan fingerprint density at radius 1 is 1.18 bits per heavy atom. The largest absolute Gasteiger partial charge is 0.493 e. The topological polar surface area (TPSA) is 104 Å². The Kier molecular flexibility index (Phi) is 7.29. The lowest BCUT2D eigenvalue weighted by Crippen LogP contribution is -2.25. The van der Waals surface area contributed by atoms with E-state index in [-0.39, 0.29) is 23.6 Å². The number of methoxy groups -OCH3 is 1. The lowest BCUT2D eigenvalue weighted by atomic mass is 9.83. The molecule has 1 aliphatic heterocycles. The standard InChI is InChI=1S/C26H28N2O5/c1-6-31-26(29)23-17(4)33-25(28)20(13-27)24(23)18-10-11-21(22(12-18)30-5)32-14-19-9-7-8-15(2)16(19)3/h7-12,24H,6,14,28H2,1-5H3. The fourth-order valence-electron chi connectivity index (χ4n) is 3.79. The van der Waals surface area contributed by atoms with Crippen LogP contribution < -0.4 is 15.2 Å². The highest BCUT2D eigenvalue weighted by Crippen LogP contribution is 2.42. The van der Waals surface area contributed by atoms with Crippen molar-refractivity contribution in [1.29, 1.82) is 5.26 Å². The SMILES string of the molecule is CCOC(=O)C1=C(C)OC(N)=C(C#N)C1c1ccc(OCc2cccc(C)c2C)c(OC)c1. The Morgan fingerprint density at radius 3 is 2.61 bits per heavy atom. The molecule has 3 rings (SSSR count). The van der Waals surface area contributed by atoms with E-state index in [1.54, 1.807) is 32.0 Å². The summed E-state index contributed by atoms with van der Waals surface area (Å²) in [6, 6.07) is 13.4. The lowest BCUT2D eigenvalue weighted by Gasteiger charge is -2.27. The average molecular weight is 449 g/mol. The number of hydrogen-bond donors (Lipinski definition) is 1. The third kappa shape index (κ3) is 4.80. The van der Waals surface area contributed by atoms with Crippen LogP contribution in [0.25, 0.3) is 0 Å². The number of esters is 1. The fourth-order valence-corrected chi connectivity index (χ4v) is 3.79. The second-order valence-corrected chi connectivity index (χ2v) is 7.67. The van der Waals surface area contributed by atoms with Gasteiger partial charge < -0.3 is 24.7 Å². The zero-order valence-electron chi connectivity index (χ0n) is 19.5. The summed E-state index contributed by atoms with van der Waals surface area (Å²) in [4.78, 5) is 12.7. The molecule has 0 aromatic heterocycles. The number of benzene rings is 2. The predicted octanol–water partition coefficient (Wildman–Crippen LogP) is 4.54. The van der Waals surface area contributed by atoms with Crippen LogP contribution in [0, 0.1) is 25.2 Å². The van der Waals surface area contributed by atoms with Crippen molar-refractivity contribution >= 4 is 5.97 Å². The molecule has 1 heterocycles. The number of nitrogens with two attached hydrogens (primary N) is 1. The summed E-state index contributed by atoms with van der Waals surface area (Å²) >= 11 is 0. The van der Waals surface area contributed by atoms with Crippen molar-refractivity contribution in [2.24, 2.45) is 5.73 Å². The van der Waals surface area contributed by atoms with E-state index in [2.05, 4.69) is 26.0 Å². The van der Waals surface area contributed by atoms with E-state index in [0.29, 0.717) is 29.4 Å². The molecule has 0 saturated heterocycles. The minimum absolute atomic E-state index is 0.0396. The van der Waals surface area contributed by atoms with Gasteiger partial charge in [0.15, 0.2) is 11.5 Å². The van der Waals surface area contributed by atoms with Gasteiger partial charge in [0.25, 0.3) is 0 Å². The number of ether oxygens (including phenoxy) is 4. The van der Waals surface area contributed by atoms with Gasteiger partial charge in [0, 0.05) is 0 Å². The molecule has 1 aliphatic rings. The summed E-state index contributed by atoms with van der Waals surface area (Å²) < 4.78 is 22.3. The van der Waals surface area contributed by atoms with E-state index in [1.165, 1.54) is 18.2 Å². The van der Waals surface area contributed by atoms with Crippen LogP contribution >= 0.6 is 0 Å². The highest BCUT2D eigenvalue weighted by molar-refractivity contribution is 5.92. The smallest absolute Gasteiger partial charge is 0.338 e. The first-order valence-corrected chi connectivity index (χ1v) is 10.6. The van der Waals surface area contributed by atoms with E-state index in [4.69, 9.17) is 24.7 Å². The molecule has 1 unspecified atom stereocenters. The zero-order chi connectivity index (χ0) is 24.1. The first-order chi connectivity index (χ1) is 15.8. The maximum atomic E-state index is 12.7. The van der Waals surface area contributed by atoms with Crippen LogP contribution in [-0.4, -0.2) is 19.7 Å². The van der Waals surface area contributed by atoms with Crippen LogP contribution in [0.5, 0.6) is 11.5 Å². The highest BCUT2D eigenvalue weighted by Gasteiger charge is 2.36. The van der Waals surface area contributed by atoms with Crippen LogP contribution in [0.3, 0.4) is 0 Å². The number of allylic oxidation sites excluding steroid dienone is 2. The van der Waals surface area contributed by atoms with Gasteiger partial charge in [-0.3, -0.25) is 0 Å². The van der Waals surface area contributed by atoms with Crippen LogP contribution in [0.15, 0.2) is 59.2 Å². The van der Waals surface area contributed by atoms with Gasteiger partial charge in [-0.1, -0.05) is 24.3 Å². The van der Waals surface area contributed by atoms with Gasteiger partial charge in [-0.2, -0.15) is 5.26 Å². The summed E-state index contributed by atoms with van der Waals surface area (Å²) in [5, 5.41) is 9.75. The van der Waals surface area contributed by atoms with Crippen molar-refractivity contribution < 1.29 is 23.7 Å². The number of rotatable bonds is 7. The number of nitriles is 1. The third-order valence-corrected chi connectivity index (χ3v) is 5.72. The normalized spacial score (nSPS) is 15.6. The Morgan fingerprint density at radius 2 is 1.94 bits per heavy atom. The van der Waals surface area contributed by atoms with Gasteiger partial charge in [0.2, 0.25) is 5.88 Å². The molecule has 0 bridgehead atoms. The Labute approximate surface area is 194 Å². The molecule has 7 heteroatoms. The van der Waals surface area contributed by atoms with Gasteiger partial charge in [-0.05, 0) is 62.1 Å². The van der Waals surface area contributed by atoms with Crippen molar-refractivity contribution in [3.63, 3.8) is 0 Å². The van der Waals surface area contributed by atoms with Gasteiger partial charge in [0.1, 0.15) is 24.0 Å². The summed E-state index contributed by atoms with van der Waals surface area (Å²) in [5.74, 6) is -0.0326. The number of hydrogen-bond acceptors (Lipinski definition) is 7. The molecule has 0 fully saturated rings. The van der Waals surface area contributed by atoms with E-state index in [0.717, 1.165) is 5.56 Å². The summed E-state index contributed by atoms with van der Waals surface area (Å²) in [6.07, 6.45) is 0. The van der Waals surface area contributed by atoms with Crippen LogP contribution in [-0.2, 0) is 20.9 Å². The molecule has 172 valence electrons. The minimum Gasteiger partial charge on any atom is -0.493 e. The molecule has 2 N–H and O–H groups in total. The van der Waals surface area contributed by atoms with Gasteiger partial charge in [-0.15, -0.1) is 0 Å². The van der Waals surface area contributed by atoms with Crippen LogP contribution in [0.1, 0.15) is 42.0 Å². The quantitative estimate of drug-likeness (QED) is 0.620. The maximum Gasteiger partial charge on any atom is 0.338 e. The molecule has 0 amide bonds. The zero-order valence-corrected chi connectivity index (χ0v) is 19.5. The van der Waals surface area contributed by atoms with Crippen molar-refractivity contribution in [3.8, 4) is 17.6 Å². The van der Waals surface area contributed by atoms with E-state index in [9.17, 15) is 10.1 Å². The molecule has 0 spiro atoms. The Balaban J connectivity index is 1.99. The van der Waals surface area contributed by atoms with E-state index in [1.807, 2.05) is 12.1 Å². The molecule has 2 aromatic rings. The predicted molar refractivity (Wildman–Crippen MR) is 123 cm³/mol. The van der Waals surface area contributed by atoms with E-state index >= 15 is 0 Å². The number of carbonyl (C=O) groups is 1. The van der Waals surface area contributed by atoms with Crippen molar-refractivity contribution in [1.82, 2.24) is 0 Å². The molecule has 7 nitrogen and oxygen atoms in total. The van der Waals surface area contributed by atoms with Crippen LogP contribution in [0.4, 0.5) is 0 Å². The third-order valence-electron chi connectivity index (χ3n) is 5.72. The molecule has 1 atom stereocenters. The summed E-state index contributed by atoms with van der Waals surface area (Å²) in [7, 11) is 1.54. The van der Waals surface area contributed by atoms with E-state index < -0.39 is 11.9 Å². The number of aryl methyl sites for hydroxylation is 1. The van der Waals surface area contributed by atoms with Gasteiger partial charge in [0.05, 0.1) is 25.2 Å². The second-order valence-electron chi connectivity index (χ2n) is 7.67. The van der Waals surface area contributed by atoms with Crippen LogP contribution in [0.2, 0.25) is 0 Å². The summed E-state index contributed by atoms with van der Waals surface area (Å²) in [5.41, 5.74) is 10.4. The fraction of sp³-hybridized carbons (Fsp3) is 0.308. The molecular formula is C26H28N2O5. The lowest BCUT2D eigenvalue weighted by molar-refractivity contribution is -0.139.